The third-order valence-electron chi connectivity index (χ3n) is 2.54. The molecular weight excluding hydrogens is 219 g/mol. The molecule has 0 saturated carbocycles. The van der Waals surface area contributed by atoms with Gasteiger partial charge in [-0.25, -0.2) is 4.39 Å². The number of hydrogen-bond acceptors (Lipinski definition) is 2. The minimum atomic E-state index is -0.258. The van der Waals surface area contributed by atoms with E-state index in [2.05, 4.69) is 0 Å². The number of carbonyl (C=O) groups excluding carboxylic acids is 1. The number of rotatable bonds is 5. The van der Waals surface area contributed by atoms with Crippen LogP contribution >= 0.6 is 0 Å². The molecule has 17 heavy (non-hydrogen) atoms. The van der Waals surface area contributed by atoms with Gasteiger partial charge < -0.3 is 9.21 Å². The van der Waals surface area contributed by atoms with E-state index in [1.165, 1.54) is 12.1 Å². The van der Waals surface area contributed by atoms with E-state index in [4.69, 9.17) is 4.42 Å². The van der Waals surface area contributed by atoms with E-state index in [-0.39, 0.29) is 5.82 Å². The Morgan fingerprint density at radius 2 is 1.88 bits per heavy atom. The van der Waals surface area contributed by atoms with Crippen molar-refractivity contribution < 1.29 is 13.6 Å². The van der Waals surface area contributed by atoms with Crippen molar-refractivity contribution in [2.45, 2.75) is 19.3 Å². The predicted molar refractivity (Wildman–Crippen MR) is 63.1 cm³/mol. The Kier molecular flexibility index (Phi) is 3.70. The molecular formula is C14H13FO2. The zero-order valence-electron chi connectivity index (χ0n) is 9.36. The Morgan fingerprint density at radius 1 is 1.12 bits per heavy atom. The van der Waals surface area contributed by atoms with Crippen molar-refractivity contribution in [2.75, 3.05) is 0 Å². The summed E-state index contributed by atoms with van der Waals surface area (Å²) in [4.78, 5) is 10.2. The highest BCUT2D eigenvalue weighted by atomic mass is 19.1. The lowest BCUT2D eigenvalue weighted by atomic mass is 10.2. The van der Waals surface area contributed by atoms with Crippen molar-refractivity contribution >= 4 is 6.29 Å². The zero-order valence-corrected chi connectivity index (χ0v) is 9.36. The van der Waals surface area contributed by atoms with E-state index in [9.17, 15) is 9.18 Å². The number of halogens is 1. The lowest BCUT2D eigenvalue weighted by Gasteiger charge is -1.97. The van der Waals surface area contributed by atoms with Gasteiger partial charge in [0.25, 0.3) is 0 Å². The summed E-state index contributed by atoms with van der Waals surface area (Å²) in [5.74, 6) is 1.32. The Balaban J connectivity index is 2.07. The first-order valence-corrected chi connectivity index (χ1v) is 5.58. The van der Waals surface area contributed by atoms with Gasteiger partial charge in [-0.15, -0.1) is 0 Å². The molecule has 0 aliphatic carbocycles. The molecule has 2 nitrogen and oxygen atoms in total. The van der Waals surface area contributed by atoms with Gasteiger partial charge in [0.05, 0.1) is 0 Å². The van der Waals surface area contributed by atoms with Gasteiger partial charge in [-0.2, -0.15) is 0 Å². The molecule has 0 fully saturated rings. The Labute approximate surface area is 99.1 Å². The first-order chi connectivity index (χ1) is 8.29. The van der Waals surface area contributed by atoms with Crippen molar-refractivity contribution in [3.8, 4) is 11.3 Å². The monoisotopic (exact) mass is 232 g/mol. The molecule has 0 unspecified atom stereocenters. The molecule has 0 bridgehead atoms. The lowest BCUT2D eigenvalue weighted by Crippen LogP contribution is -1.82. The highest BCUT2D eigenvalue weighted by molar-refractivity contribution is 5.57. The zero-order chi connectivity index (χ0) is 12.1. The molecule has 1 aromatic heterocycles. The van der Waals surface area contributed by atoms with Crippen LogP contribution in [0.1, 0.15) is 18.6 Å². The molecule has 0 N–H and O–H groups in total. The van der Waals surface area contributed by atoms with Crippen LogP contribution in [0.5, 0.6) is 0 Å². The maximum absolute atomic E-state index is 12.7. The van der Waals surface area contributed by atoms with Gasteiger partial charge in [-0.3, -0.25) is 0 Å². The molecule has 0 atom stereocenters. The quantitative estimate of drug-likeness (QED) is 0.582. The molecule has 0 aliphatic rings. The second-order valence-corrected chi connectivity index (χ2v) is 3.83. The average Bonchev–Trinajstić information content (AvgIpc) is 2.79. The number of unbranched alkanes of at least 4 members (excludes halogenated alkanes) is 1. The molecule has 0 amide bonds. The predicted octanol–water partition coefficient (Wildman–Crippen LogP) is 3.61. The number of benzene rings is 1. The van der Waals surface area contributed by atoms with E-state index >= 15 is 0 Å². The Morgan fingerprint density at radius 3 is 2.59 bits per heavy atom. The van der Waals surface area contributed by atoms with Crippen molar-refractivity contribution in [2.24, 2.45) is 0 Å². The SMILES string of the molecule is O=CCCCc1ccc(-c2ccc(F)cc2)o1. The van der Waals surface area contributed by atoms with E-state index in [0.717, 1.165) is 36.2 Å². The summed E-state index contributed by atoms with van der Waals surface area (Å²) >= 11 is 0. The van der Waals surface area contributed by atoms with Crippen LogP contribution in [0.3, 0.4) is 0 Å². The topological polar surface area (TPSA) is 30.2 Å². The van der Waals surface area contributed by atoms with Gasteiger partial charge in [-0.1, -0.05) is 0 Å². The van der Waals surface area contributed by atoms with Gasteiger partial charge in [0, 0.05) is 18.4 Å². The highest BCUT2D eigenvalue weighted by Crippen LogP contribution is 2.23. The van der Waals surface area contributed by atoms with Gasteiger partial charge in [-0.05, 0) is 42.8 Å². The molecule has 0 aliphatic heterocycles. The van der Waals surface area contributed by atoms with Crippen LogP contribution in [0.25, 0.3) is 11.3 Å². The third kappa shape index (κ3) is 3.03. The van der Waals surface area contributed by atoms with Gasteiger partial charge >= 0.3 is 0 Å². The second-order valence-electron chi connectivity index (χ2n) is 3.83. The van der Waals surface area contributed by atoms with Crippen LogP contribution in [0.15, 0.2) is 40.8 Å². The fraction of sp³-hybridized carbons (Fsp3) is 0.214. The fourth-order valence-electron chi connectivity index (χ4n) is 1.64. The maximum atomic E-state index is 12.7. The molecule has 2 aromatic rings. The molecule has 0 saturated heterocycles. The summed E-state index contributed by atoms with van der Waals surface area (Å²) < 4.78 is 18.4. The standard InChI is InChI=1S/C14H13FO2/c15-12-6-4-11(5-7-12)14-9-8-13(17-14)3-1-2-10-16/h4-10H,1-3H2. The van der Waals surface area contributed by atoms with Crippen molar-refractivity contribution in [1.82, 2.24) is 0 Å². The Bertz CT molecular complexity index is 485. The maximum Gasteiger partial charge on any atom is 0.134 e. The molecule has 0 spiro atoms. The summed E-state index contributed by atoms with van der Waals surface area (Å²) in [5, 5.41) is 0. The van der Waals surface area contributed by atoms with Crippen LogP contribution in [-0.2, 0) is 11.2 Å². The van der Waals surface area contributed by atoms with Gasteiger partial charge in [0.2, 0.25) is 0 Å². The van der Waals surface area contributed by atoms with E-state index < -0.39 is 0 Å². The number of hydrogen-bond donors (Lipinski definition) is 0. The van der Waals surface area contributed by atoms with Gasteiger partial charge in [0.1, 0.15) is 23.6 Å². The van der Waals surface area contributed by atoms with E-state index in [1.807, 2.05) is 12.1 Å². The number of furan rings is 1. The first-order valence-electron chi connectivity index (χ1n) is 5.58. The van der Waals surface area contributed by atoms with Crippen molar-refractivity contribution in [1.29, 1.82) is 0 Å². The molecule has 1 aromatic carbocycles. The largest absolute Gasteiger partial charge is 0.461 e. The van der Waals surface area contributed by atoms with E-state index in [0.29, 0.717) is 6.42 Å². The fourth-order valence-corrected chi connectivity index (χ4v) is 1.64. The van der Waals surface area contributed by atoms with Crippen LogP contribution in [0, 0.1) is 5.82 Å². The van der Waals surface area contributed by atoms with Crippen LogP contribution in [0.4, 0.5) is 4.39 Å². The average molecular weight is 232 g/mol. The summed E-state index contributed by atoms with van der Waals surface area (Å²) in [7, 11) is 0. The highest BCUT2D eigenvalue weighted by Gasteiger charge is 2.04. The smallest absolute Gasteiger partial charge is 0.134 e. The molecule has 3 heteroatoms. The summed E-state index contributed by atoms with van der Waals surface area (Å²) in [6.45, 7) is 0. The van der Waals surface area contributed by atoms with Crippen LogP contribution < -0.4 is 0 Å². The summed E-state index contributed by atoms with van der Waals surface area (Å²) in [6.07, 6.45) is 3.00. The number of carbonyl (C=O) groups is 1. The normalized spacial score (nSPS) is 10.4. The molecule has 1 heterocycles. The minimum Gasteiger partial charge on any atom is -0.461 e. The Hall–Kier alpha value is -1.90. The van der Waals surface area contributed by atoms with Crippen LogP contribution in [-0.4, -0.2) is 6.29 Å². The molecule has 88 valence electrons. The van der Waals surface area contributed by atoms with Crippen molar-refractivity contribution in [3.05, 3.63) is 48.0 Å². The summed E-state index contributed by atoms with van der Waals surface area (Å²) in [5.41, 5.74) is 0.855. The summed E-state index contributed by atoms with van der Waals surface area (Å²) in [6, 6.07) is 9.94. The lowest BCUT2D eigenvalue weighted by molar-refractivity contribution is -0.107. The first kappa shape index (κ1) is 11.6. The second kappa shape index (κ2) is 5.43. The van der Waals surface area contributed by atoms with Gasteiger partial charge in [0.15, 0.2) is 0 Å². The third-order valence-corrected chi connectivity index (χ3v) is 2.54. The molecule has 0 radical (unpaired) electrons. The van der Waals surface area contributed by atoms with Crippen molar-refractivity contribution in [3.63, 3.8) is 0 Å². The number of aryl methyl sites for hydroxylation is 1. The molecule has 2 rings (SSSR count). The van der Waals surface area contributed by atoms with Crippen LogP contribution in [0.2, 0.25) is 0 Å². The number of aldehydes is 1. The minimum absolute atomic E-state index is 0.258. The van der Waals surface area contributed by atoms with E-state index in [1.54, 1.807) is 12.1 Å².